The summed E-state index contributed by atoms with van der Waals surface area (Å²) in [5.41, 5.74) is 0.476. The Morgan fingerprint density at radius 2 is 2.10 bits per heavy atom. The number of hydrogen-bond acceptors (Lipinski definition) is 4. The largest absolute Gasteiger partial charge is 0.389 e. The van der Waals surface area contributed by atoms with Gasteiger partial charge in [0, 0.05) is 31.4 Å². The van der Waals surface area contributed by atoms with E-state index in [0.29, 0.717) is 11.4 Å². The van der Waals surface area contributed by atoms with Crippen LogP contribution < -0.4 is 5.32 Å². The summed E-state index contributed by atoms with van der Waals surface area (Å²) in [4.78, 5) is 18.2. The number of rotatable bonds is 6. The van der Waals surface area contributed by atoms with Gasteiger partial charge in [0.2, 0.25) is 0 Å². The van der Waals surface area contributed by atoms with E-state index in [4.69, 9.17) is 0 Å². The SMILES string of the molecule is CCCNc1cc(C(=O)N(C)CC(C)(C)O)cc(C)n1. The molecule has 1 rings (SSSR count). The molecule has 2 N–H and O–H groups in total. The van der Waals surface area contributed by atoms with Gasteiger partial charge in [-0.3, -0.25) is 4.79 Å². The third-order valence-electron chi connectivity index (χ3n) is 2.73. The molecule has 0 saturated carbocycles. The fourth-order valence-electron chi connectivity index (χ4n) is 2.01. The van der Waals surface area contributed by atoms with Crippen LogP contribution in [0.15, 0.2) is 12.1 Å². The van der Waals surface area contributed by atoms with Crippen LogP contribution in [-0.4, -0.2) is 46.6 Å². The van der Waals surface area contributed by atoms with Gasteiger partial charge in [0.25, 0.3) is 5.91 Å². The molecule has 0 spiro atoms. The molecule has 0 fully saturated rings. The zero-order chi connectivity index (χ0) is 15.3. The van der Waals surface area contributed by atoms with Crippen LogP contribution in [0, 0.1) is 6.92 Å². The van der Waals surface area contributed by atoms with Gasteiger partial charge in [-0.05, 0) is 39.3 Å². The standard InChI is InChI=1S/C15H25N3O2/c1-6-7-16-13-9-12(8-11(2)17-13)14(19)18(5)10-15(3,4)20/h8-9,20H,6-7,10H2,1-5H3,(H,16,17). The zero-order valence-electron chi connectivity index (χ0n) is 13.0. The first-order valence-electron chi connectivity index (χ1n) is 6.93. The number of hydrogen-bond donors (Lipinski definition) is 2. The first-order valence-corrected chi connectivity index (χ1v) is 6.93. The molecule has 0 aliphatic rings. The molecule has 0 atom stereocenters. The van der Waals surface area contributed by atoms with Crippen LogP contribution >= 0.6 is 0 Å². The molecule has 1 heterocycles. The highest BCUT2D eigenvalue weighted by Crippen LogP contribution is 2.14. The topological polar surface area (TPSA) is 65.5 Å². The van der Waals surface area contributed by atoms with Crippen molar-refractivity contribution in [3.8, 4) is 0 Å². The Kier molecular flexibility index (Phi) is 5.51. The zero-order valence-corrected chi connectivity index (χ0v) is 13.0. The number of carbonyl (C=O) groups is 1. The molecule has 0 unspecified atom stereocenters. The second-order valence-electron chi connectivity index (χ2n) is 5.78. The molecule has 20 heavy (non-hydrogen) atoms. The minimum Gasteiger partial charge on any atom is -0.389 e. The molecule has 1 aromatic rings. The summed E-state index contributed by atoms with van der Waals surface area (Å²) in [5, 5.41) is 13.0. The highest BCUT2D eigenvalue weighted by atomic mass is 16.3. The van der Waals surface area contributed by atoms with Gasteiger partial charge in [-0.25, -0.2) is 4.98 Å². The number of pyridine rings is 1. The summed E-state index contributed by atoms with van der Waals surface area (Å²) in [5.74, 6) is 0.601. The van der Waals surface area contributed by atoms with Crippen LogP contribution in [0.25, 0.3) is 0 Å². The highest BCUT2D eigenvalue weighted by molar-refractivity contribution is 5.94. The van der Waals surface area contributed by atoms with Crippen molar-refractivity contribution in [2.75, 3.05) is 25.5 Å². The molecule has 112 valence electrons. The second kappa shape index (κ2) is 6.70. The van der Waals surface area contributed by atoms with Gasteiger partial charge in [0.05, 0.1) is 5.60 Å². The number of aryl methyl sites for hydroxylation is 1. The Morgan fingerprint density at radius 3 is 2.65 bits per heavy atom. The molecular weight excluding hydrogens is 254 g/mol. The molecule has 1 aromatic heterocycles. The summed E-state index contributed by atoms with van der Waals surface area (Å²) in [6.45, 7) is 8.41. The highest BCUT2D eigenvalue weighted by Gasteiger charge is 2.21. The first-order chi connectivity index (χ1) is 9.23. The van der Waals surface area contributed by atoms with E-state index in [1.807, 2.05) is 6.92 Å². The minimum absolute atomic E-state index is 0.114. The van der Waals surface area contributed by atoms with Gasteiger partial charge >= 0.3 is 0 Å². The number of likely N-dealkylation sites (N-methyl/N-ethyl adjacent to an activating group) is 1. The van der Waals surface area contributed by atoms with E-state index in [1.165, 1.54) is 4.90 Å². The van der Waals surface area contributed by atoms with Gasteiger partial charge < -0.3 is 15.3 Å². The summed E-state index contributed by atoms with van der Waals surface area (Å²) in [6.07, 6.45) is 0.998. The van der Waals surface area contributed by atoms with Crippen LogP contribution in [0.2, 0.25) is 0 Å². The Hall–Kier alpha value is -1.62. The first kappa shape index (κ1) is 16.4. The van der Waals surface area contributed by atoms with Crippen molar-refractivity contribution in [2.24, 2.45) is 0 Å². The third-order valence-corrected chi connectivity index (χ3v) is 2.73. The molecular formula is C15H25N3O2. The lowest BCUT2D eigenvalue weighted by atomic mass is 10.1. The summed E-state index contributed by atoms with van der Waals surface area (Å²) >= 11 is 0. The quantitative estimate of drug-likeness (QED) is 0.836. The molecule has 1 amide bonds. The number of aliphatic hydroxyl groups is 1. The Bertz CT molecular complexity index is 467. The smallest absolute Gasteiger partial charge is 0.253 e. The average Bonchev–Trinajstić information content (AvgIpc) is 2.32. The third kappa shape index (κ3) is 5.17. The maximum absolute atomic E-state index is 12.4. The normalized spacial score (nSPS) is 11.3. The van der Waals surface area contributed by atoms with Crippen LogP contribution in [0.3, 0.4) is 0 Å². The van der Waals surface area contributed by atoms with Gasteiger partial charge in [-0.1, -0.05) is 6.92 Å². The minimum atomic E-state index is -0.907. The predicted octanol–water partition coefficient (Wildman–Crippen LogP) is 2.05. The fraction of sp³-hybridized carbons (Fsp3) is 0.600. The molecule has 0 aliphatic heterocycles. The predicted molar refractivity (Wildman–Crippen MR) is 81.0 cm³/mol. The van der Waals surface area contributed by atoms with Crippen LogP contribution in [-0.2, 0) is 0 Å². The van der Waals surface area contributed by atoms with E-state index in [2.05, 4.69) is 17.2 Å². The van der Waals surface area contributed by atoms with Crippen molar-refractivity contribution < 1.29 is 9.90 Å². The average molecular weight is 279 g/mol. The van der Waals surface area contributed by atoms with Crippen molar-refractivity contribution in [2.45, 2.75) is 39.7 Å². The van der Waals surface area contributed by atoms with Crippen LogP contribution in [0.1, 0.15) is 43.2 Å². The lowest BCUT2D eigenvalue weighted by Crippen LogP contribution is -2.39. The molecule has 0 aromatic carbocycles. The molecule has 0 aliphatic carbocycles. The number of nitrogens with zero attached hydrogens (tertiary/aromatic N) is 2. The molecule has 5 heteroatoms. The molecule has 5 nitrogen and oxygen atoms in total. The molecule has 0 bridgehead atoms. The Balaban J connectivity index is 2.89. The summed E-state index contributed by atoms with van der Waals surface area (Å²) in [6, 6.07) is 3.52. The van der Waals surface area contributed by atoms with Crippen molar-refractivity contribution in [3.63, 3.8) is 0 Å². The molecule has 0 saturated heterocycles. The maximum Gasteiger partial charge on any atom is 0.253 e. The Labute approximate surface area is 121 Å². The Morgan fingerprint density at radius 1 is 1.45 bits per heavy atom. The number of aromatic nitrogens is 1. The van der Waals surface area contributed by atoms with E-state index in [1.54, 1.807) is 33.0 Å². The van der Waals surface area contributed by atoms with Gasteiger partial charge in [0.1, 0.15) is 5.82 Å². The van der Waals surface area contributed by atoms with Crippen LogP contribution in [0.5, 0.6) is 0 Å². The van der Waals surface area contributed by atoms with Crippen molar-refractivity contribution in [1.82, 2.24) is 9.88 Å². The summed E-state index contributed by atoms with van der Waals surface area (Å²) < 4.78 is 0. The van der Waals surface area contributed by atoms with Crippen molar-refractivity contribution >= 4 is 11.7 Å². The van der Waals surface area contributed by atoms with Crippen molar-refractivity contribution in [1.29, 1.82) is 0 Å². The number of carbonyl (C=O) groups excluding carboxylic acids is 1. The van der Waals surface area contributed by atoms with Gasteiger partial charge in [-0.15, -0.1) is 0 Å². The number of nitrogens with one attached hydrogen (secondary N) is 1. The van der Waals surface area contributed by atoms with Gasteiger partial charge in [0.15, 0.2) is 0 Å². The van der Waals surface area contributed by atoms with E-state index >= 15 is 0 Å². The molecule has 0 radical (unpaired) electrons. The van der Waals surface area contributed by atoms with E-state index in [0.717, 1.165) is 18.7 Å². The van der Waals surface area contributed by atoms with Crippen LogP contribution in [0.4, 0.5) is 5.82 Å². The van der Waals surface area contributed by atoms with E-state index in [9.17, 15) is 9.90 Å². The van der Waals surface area contributed by atoms with Crippen molar-refractivity contribution in [3.05, 3.63) is 23.4 Å². The maximum atomic E-state index is 12.4. The fourth-order valence-corrected chi connectivity index (χ4v) is 2.01. The van der Waals surface area contributed by atoms with E-state index < -0.39 is 5.60 Å². The van der Waals surface area contributed by atoms with Gasteiger partial charge in [-0.2, -0.15) is 0 Å². The monoisotopic (exact) mass is 279 g/mol. The second-order valence-corrected chi connectivity index (χ2v) is 5.78. The van der Waals surface area contributed by atoms with E-state index in [-0.39, 0.29) is 12.5 Å². The number of anilines is 1. The lowest BCUT2D eigenvalue weighted by molar-refractivity contribution is 0.0368. The lowest BCUT2D eigenvalue weighted by Gasteiger charge is -2.25. The number of amides is 1. The summed E-state index contributed by atoms with van der Waals surface area (Å²) in [7, 11) is 1.69.